The molecule has 1 aromatic rings. The molecule has 0 spiro atoms. The van der Waals surface area contributed by atoms with Crippen molar-refractivity contribution >= 4 is 29.1 Å². The average Bonchev–Trinajstić information content (AvgIpc) is 3.30. The number of carbonyl (C=O) groups excluding carboxylic acids is 1. The van der Waals surface area contributed by atoms with E-state index in [4.69, 9.17) is 28.9 Å². The lowest BCUT2D eigenvalue weighted by atomic mass is 10.0. The minimum Gasteiger partial charge on any atom is -0.335 e. The van der Waals surface area contributed by atoms with Crippen molar-refractivity contribution in [2.75, 3.05) is 6.54 Å². The fraction of sp³-hybridized carbons (Fsp3) is 0.562. The highest BCUT2D eigenvalue weighted by Crippen LogP contribution is 2.31. The van der Waals surface area contributed by atoms with Gasteiger partial charge in [-0.2, -0.15) is 0 Å². The molecule has 5 heteroatoms. The molecule has 1 atom stereocenters. The molecular weight excluding hydrogens is 307 g/mol. The van der Waals surface area contributed by atoms with Crippen LogP contribution in [0.25, 0.3) is 0 Å². The second kappa shape index (κ2) is 7.48. The number of hydrogen-bond acceptors (Lipinski definition) is 2. The number of nitrogens with two attached hydrogens (primary N) is 1. The van der Waals surface area contributed by atoms with Crippen molar-refractivity contribution in [2.45, 2.75) is 45.2 Å². The number of rotatable bonds is 7. The van der Waals surface area contributed by atoms with Gasteiger partial charge in [0.15, 0.2) is 0 Å². The van der Waals surface area contributed by atoms with Crippen molar-refractivity contribution in [1.82, 2.24) is 4.90 Å². The van der Waals surface area contributed by atoms with Crippen LogP contribution in [0.3, 0.4) is 0 Å². The minimum atomic E-state index is 0.195. The highest BCUT2D eigenvalue weighted by atomic mass is 35.5. The van der Waals surface area contributed by atoms with E-state index in [0.717, 1.165) is 24.8 Å². The van der Waals surface area contributed by atoms with Gasteiger partial charge >= 0.3 is 0 Å². The first kappa shape index (κ1) is 16.6. The fourth-order valence-electron chi connectivity index (χ4n) is 2.40. The molecular formula is C16H22Cl2N2O. The first-order valence-corrected chi connectivity index (χ1v) is 8.24. The van der Waals surface area contributed by atoms with Gasteiger partial charge in [0.2, 0.25) is 5.91 Å². The van der Waals surface area contributed by atoms with Crippen molar-refractivity contribution in [3.8, 4) is 0 Å². The molecule has 3 nitrogen and oxygen atoms in total. The van der Waals surface area contributed by atoms with Gasteiger partial charge in [-0.15, -0.1) is 0 Å². The Hall–Kier alpha value is -0.770. The van der Waals surface area contributed by atoms with E-state index in [1.54, 1.807) is 6.07 Å². The third kappa shape index (κ3) is 4.60. The summed E-state index contributed by atoms with van der Waals surface area (Å²) in [6.45, 7) is 3.24. The van der Waals surface area contributed by atoms with E-state index in [0.29, 0.717) is 35.6 Å². The predicted octanol–water partition coefficient (Wildman–Crippen LogP) is 3.86. The maximum absolute atomic E-state index is 12.5. The number of halogens is 2. The predicted molar refractivity (Wildman–Crippen MR) is 87.5 cm³/mol. The monoisotopic (exact) mass is 328 g/mol. The minimum absolute atomic E-state index is 0.195. The van der Waals surface area contributed by atoms with Gasteiger partial charge < -0.3 is 10.6 Å². The lowest BCUT2D eigenvalue weighted by Crippen LogP contribution is -2.34. The zero-order valence-electron chi connectivity index (χ0n) is 12.3. The molecule has 1 aliphatic carbocycles. The van der Waals surface area contributed by atoms with E-state index in [1.165, 1.54) is 0 Å². The molecule has 0 saturated heterocycles. The Kier molecular flexibility index (Phi) is 5.91. The Bertz CT molecular complexity index is 499. The molecule has 1 aliphatic rings. The van der Waals surface area contributed by atoms with Crippen LogP contribution in [0.2, 0.25) is 10.0 Å². The standard InChI is InChI=1S/C16H22Cl2N2O/c1-2-11(9-19)8-16(21)20(13-4-5-13)10-12-3-6-14(17)15(18)7-12/h3,6-7,11,13H,2,4-5,8-10,19H2,1H3. The zero-order chi connectivity index (χ0) is 15.4. The molecule has 0 bridgehead atoms. The van der Waals surface area contributed by atoms with Crippen LogP contribution in [0.1, 0.15) is 38.2 Å². The molecule has 0 radical (unpaired) electrons. The molecule has 2 rings (SSSR count). The van der Waals surface area contributed by atoms with E-state index in [1.807, 2.05) is 17.0 Å². The van der Waals surface area contributed by atoms with Crippen molar-refractivity contribution in [3.05, 3.63) is 33.8 Å². The van der Waals surface area contributed by atoms with Crippen molar-refractivity contribution in [2.24, 2.45) is 11.7 Å². The number of benzene rings is 1. The second-order valence-corrected chi connectivity index (χ2v) is 6.53. The van der Waals surface area contributed by atoms with E-state index in [9.17, 15) is 4.79 Å². The van der Waals surface area contributed by atoms with Crippen molar-refractivity contribution < 1.29 is 4.79 Å². The Labute approximate surface area is 136 Å². The molecule has 0 heterocycles. The summed E-state index contributed by atoms with van der Waals surface area (Å²) in [7, 11) is 0. The summed E-state index contributed by atoms with van der Waals surface area (Å²) in [6, 6.07) is 5.93. The number of amides is 1. The molecule has 0 aliphatic heterocycles. The molecule has 1 aromatic carbocycles. The molecule has 1 saturated carbocycles. The Balaban J connectivity index is 2.05. The summed E-state index contributed by atoms with van der Waals surface area (Å²) in [5.74, 6) is 0.466. The molecule has 1 unspecified atom stereocenters. The lowest BCUT2D eigenvalue weighted by molar-refractivity contribution is -0.133. The van der Waals surface area contributed by atoms with Crippen LogP contribution < -0.4 is 5.73 Å². The van der Waals surface area contributed by atoms with Gasteiger partial charge in [-0.3, -0.25) is 4.79 Å². The average molecular weight is 329 g/mol. The normalized spacial score (nSPS) is 15.8. The van der Waals surface area contributed by atoms with Gasteiger partial charge in [0, 0.05) is 19.0 Å². The quantitative estimate of drug-likeness (QED) is 0.826. The van der Waals surface area contributed by atoms with Gasteiger partial charge in [0.25, 0.3) is 0 Å². The van der Waals surface area contributed by atoms with Crippen LogP contribution in [0.5, 0.6) is 0 Å². The van der Waals surface area contributed by atoms with E-state index < -0.39 is 0 Å². The summed E-state index contributed by atoms with van der Waals surface area (Å²) in [5.41, 5.74) is 6.73. The van der Waals surface area contributed by atoms with Crippen LogP contribution in [-0.4, -0.2) is 23.4 Å². The molecule has 1 fully saturated rings. The lowest BCUT2D eigenvalue weighted by Gasteiger charge is -2.25. The van der Waals surface area contributed by atoms with Gasteiger partial charge in [-0.25, -0.2) is 0 Å². The SMILES string of the molecule is CCC(CN)CC(=O)N(Cc1ccc(Cl)c(Cl)c1)C1CC1. The van der Waals surface area contributed by atoms with Gasteiger partial charge in [0.1, 0.15) is 0 Å². The highest BCUT2D eigenvalue weighted by molar-refractivity contribution is 6.42. The molecule has 0 aromatic heterocycles. The van der Waals surface area contributed by atoms with Gasteiger partial charge in [0.05, 0.1) is 10.0 Å². The Morgan fingerprint density at radius 2 is 2.10 bits per heavy atom. The summed E-state index contributed by atoms with van der Waals surface area (Å²) < 4.78 is 0. The second-order valence-electron chi connectivity index (χ2n) is 5.72. The van der Waals surface area contributed by atoms with E-state index in [-0.39, 0.29) is 11.8 Å². The summed E-state index contributed by atoms with van der Waals surface area (Å²) >= 11 is 12.0. The largest absolute Gasteiger partial charge is 0.335 e. The van der Waals surface area contributed by atoms with E-state index in [2.05, 4.69) is 6.92 Å². The van der Waals surface area contributed by atoms with Gasteiger partial charge in [-0.05, 0) is 43.0 Å². The van der Waals surface area contributed by atoms with Crippen LogP contribution in [0.15, 0.2) is 18.2 Å². The highest BCUT2D eigenvalue weighted by Gasteiger charge is 2.33. The fourth-order valence-corrected chi connectivity index (χ4v) is 2.72. The Morgan fingerprint density at radius 3 is 2.62 bits per heavy atom. The number of carbonyl (C=O) groups is 1. The third-order valence-corrected chi connectivity index (χ3v) is 4.76. The molecule has 1 amide bonds. The number of hydrogen-bond donors (Lipinski definition) is 1. The third-order valence-electron chi connectivity index (χ3n) is 4.02. The molecule has 2 N–H and O–H groups in total. The van der Waals surface area contributed by atoms with Gasteiger partial charge in [-0.1, -0.05) is 42.6 Å². The first-order valence-electron chi connectivity index (χ1n) is 7.48. The zero-order valence-corrected chi connectivity index (χ0v) is 13.8. The Morgan fingerprint density at radius 1 is 1.38 bits per heavy atom. The first-order chi connectivity index (χ1) is 10.0. The smallest absolute Gasteiger partial charge is 0.223 e. The summed E-state index contributed by atoms with van der Waals surface area (Å²) in [6.07, 6.45) is 3.65. The van der Waals surface area contributed by atoms with Crippen LogP contribution in [-0.2, 0) is 11.3 Å². The van der Waals surface area contributed by atoms with Crippen molar-refractivity contribution in [3.63, 3.8) is 0 Å². The van der Waals surface area contributed by atoms with Crippen molar-refractivity contribution in [1.29, 1.82) is 0 Å². The summed E-state index contributed by atoms with van der Waals surface area (Å²) in [5, 5.41) is 1.07. The maximum atomic E-state index is 12.5. The summed E-state index contributed by atoms with van der Waals surface area (Å²) in [4.78, 5) is 14.5. The van der Waals surface area contributed by atoms with Crippen LogP contribution >= 0.6 is 23.2 Å². The van der Waals surface area contributed by atoms with Crippen LogP contribution in [0, 0.1) is 5.92 Å². The molecule has 21 heavy (non-hydrogen) atoms. The van der Waals surface area contributed by atoms with E-state index >= 15 is 0 Å². The van der Waals surface area contributed by atoms with Crippen LogP contribution in [0.4, 0.5) is 0 Å². The molecule has 116 valence electrons. The topological polar surface area (TPSA) is 46.3 Å². The number of nitrogens with zero attached hydrogens (tertiary/aromatic N) is 1. The maximum Gasteiger partial charge on any atom is 0.223 e.